The van der Waals surface area contributed by atoms with Crippen molar-refractivity contribution in [1.82, 2.24) is 19.7 Å². The van der Waals surface area contributed by atoms with Crippen LogP contribution in [-0.4, -0.2) is 75.9 Å². The van der Waals surface area contributed by atoms with Crippen LogP contribution in [0.3, 0.4) is 0 Å². The molecule has 2 aliphatic rings. The predicted molar refractivity (Wildman–Crippen MR) is 101 cm³/mol. The number of piperazine rings is 1. The van der Waals surface area contributed by atoms with Gasteiger partial charge in [-0.05, 0) is 12.1 Å². The molecule has 2 aromatic rings. The molecule has 0 saturated carbocycles. The van der Waals surface area contributed by atoms with Gasteiger partial charge in [-0.15, -0.1) is 23.1 Å². The molecule has 0 aromatic carbocycles. The molecule has 0 atom stereocenters. The molecule has 4 rings (SSSR count). The number of furan rings is 1. The Morgan fingerprint density at radius 2 is 2.12 bits per heavy atom. The summed E-state index contributed by atoms with van der Waals surface area (Å²) in [7, 11) is 0. The van der Waals surface area contributed by atoms with E-state index in [4.69, 9.17) is 4.42 Å². The first-order valence-corrected chi connectivity index (χ1v) is 10.6. The molecule has 2 aromatic heterocycles. The van der Waals surface area contributed by atoms with Gasteiger partial charge < -0.3 is 14.2 Å². The summed E-state index contributed by atoms with van der Waals surface area (Å²) in [5.41, 5.74) is 1.03. The van der Waals surface area contributed by atoms with Crippen LogP contribution in [0.25, 0.3) is 10.8 Å². The summed E-state index contributed by atoms with van der Waals surface area (Å²) in [6.07, 6.45) is 1.65. The Balaban J connectivity index is 1.26. The van der Waals surface area contributed by atoms with Gasteiger partial charge in [0.15, 0.2) is 10.8 Å². The molecule has 7 nitrogen and oxygen atoms in total. The van der Waals surface area contributed by atoms with Crippen molar-refractivity contribution in [2.75, 3.05) is 44.4 Å². The summed E-state index contributed by atoms with van der Waals surface area (Å²) in [6.45, 7) is 4.03. The van der Waals surface area contributed by atoms with E-state index in [0.717, 1.165) is 36.1 Å². The fourth-order valence-electron chi connectivity index (χ4n) is 3.08. The lowest BCUT2D eigenvalue weighted by molar-refractivity contribution is -0.139. The summed E-state index contributed by atoms with van der Waals surface area (Å²) in [4.78, 5) is 34.5. The number of aromatic nitrogens is 1. The Kier molecular flexibility index (Phi) is 5.28. The standard InChI is InChI=1S/C17H20N4O3S2/c22-15(9-21-12-25-11-16(21)23)20-5-3-19(4-6-20)8-13-10-26-17(18-13)14-2-1-7-24-14/h1-2,7,10H,3-6,8-9,11-12H2. The number of thiazole rings is 1. The maximum absolute atomic E-state index is 12.4. The third-order valence-electron chi connectivity index (χ3n) is 4.55. The zero-order valence-corrected chi connectivity index (χ0v) is 15.9. The van der Waals surface area contributed by atoms with E-state index < -0.39 is 0 Å². The van der Waals surface area contributed by atoms with Crippen LogP contribution >= 0.6 is 23.1 Å². The summed E-state index contributed by atoms with van der Waals surface area (Å²) in [5, 5.41) is 2.96. The molecule has 0 unspecified atom stereocenters. The summed E-state index contributed by atoms with van der Waals surface area (Å²) in [6, 6.07) is 3.78. The van der Waals surface area contributed by atoms with Crippen LogP contribution in [-0.2, 0) is 16.1 Å². The third-order valence-corrected chi connectivity index (χ3v) is 6.40. The highest BCUT2D eigenvalue weighted by molar-refractivity contribution is 8.00. The smallest absolute Gasteiger partial charge is 0.242 e. The Morgan fingerprint density at radius 1 is 1.27 bits per heavy atom. The highest BCUT2D eigenvalue weighted by Gasteiger charge is 2.27. The lowest BCUT2D eigenvalue weighted by Crippen LogP contribution is -2.51. The monoisotopic (exact) mass is 392 g/mol. The molecular weight excluding hydrogens is 372 g/mol. The number of rotatable bonds is 5. The van der Waals surface area contributed by atoms with Gasteiger partial charge in [0.1, 0.15) is 6.54 Å². The second kappa shape index (κ2) is 7.81. The summed E-state index contributed by atoms with van der Waals surface area (Å²) >= 11 is 3.15. The molecule has 2 saturated heterocycles. The van der Waals surface area contributed by atoms with Crippen molar-refractivity contribution < 1.29 is 14.0 Å². The quantitative estimate of drug-likeness (QED) is 0.770. The molecule has 138 valence electrons. The van der Waals surface area contributed by atoms with Crippen molar-refractivity contribution in [2.24, 2.45) is 0 Å². The molecule has 4 heterocycles. The normalized spacial score (nSPS) is 18.7. The number of hydrogen-bond acceptors (Lipinski definition) is 7. The van der Waals surface area contributed by atoms with Crippen LogP contribution in [0.2, 0.25) is 0 Å². The molecule has 26 heavy (non-hydrogen) atoms. The van der Waals surface area contributed by atoms with Crippen LogP contribution in [0.4, 0.5) is 0 Å². The first kappa shape index (κ1) is 17.6. The fourth-order valence-corrected chi connectivity index (χ4v) is 4.76. The van der Waals surface area contributed by atoms with Gasteiger partial charge in [0.05, 0.1) is 23.6 Å². The Bertz CT molecular complexity index is 769. The number of carbonyl (C=O) groups excluding carboxylic acids is 2. The van der Waals surface area contributed by atoms with Crippen molar-refractivity contribution in [3.05, 3.63) is 29.5 Å². The van der Waals surface area contributed by atoms with Crippen LogP contribution in [0.1, 0.15) is 5.69 Å². The number of carbonyl (C=O) groups is 2. The van der Waals surface area contributed by atoms with Gasteiger partial charge in [-0.3, -0.25) is 14.5 Å². The Morgan fingerprint density at radius 3 is 2.81 bits per heavy atom. The van der Waals surface area contributed by atoms with E-state index in [0.29, 0.717) is 24.7 Å². The minimum Gasteiger partial charge on any atom is -0.462 e. The van der Waals surface area contributed by atoms with Crippen LogP contribution in [0.5, 0.6) is 0 Å². The first-order chi connectivity index (χ1) is 12.7. The summed E-state index contributed by atoms with van der Waals surface area (Å²) in [5.74, 6) is 2.04. The van der Waals surface area contributed by atoms with E-state index in [9.17, 15) is 9.59 Å². The minimum atomic E-state index is 0.0502. The molecule has 0 N–H and O–H groups in total. The lowest BCUT2D eigenvalue weighted by Gasteiger charge is -2.35. The molecular formula is C17H20N4O3S2. The van der Waals surface area contributed by atoms with Crippen LogP contribution in [0.15, 0.2) is 28.2 Å². The number of thioether (sulfide) groups is 1. The summed E-state index contributed by atoms with van der Waals surface area (Å²) < 4.78 is 5.39. The molecule has 2 fully saturated rings. The van der Waals surface area contributed by atoms with Gasteiger partial charge in [0, 0.05) is 38.1 Å². The topological polar surface area (TPSA) is 69.9 Å². The molecule has 0 bridgehead atoms. The van der Waals surface area contributed by atoms with Gasteiger partial charge in [-0.2, -0.15) is 0 Å². The molecule has 0 radical (unpaired) electrons. The van der Waals surface area contributed by atoms with Crippen molar-refractivity contribution in [1.29, 1.82) is 0 Å². The van der Waals surface area contributed by atoms with Crippen molar-refractivity contribution >= 4 is 34.9 Å². The van der Waals surface area contributed by atoms with Gasteiger partial charge >= 0.3 is 0 Å². The molecule has 0 spiro atoms. The average Bonchev–Trinajstić information content (AvgIpc) is 3.38. The van der Waals surface area contributed by atoms with Gasteiger partial charge in [-0.25, -0.2) is 4.98 Å². The van der Waals surface area contributed by atoms with Crippen molar-refractivity contribution in [3.63, 3.8) is 0 Å². The van der Waals surface area contributed by atoms with Crippen molar-refractivity contribution in [3.8, 4) is 10.8 Å². The molecule has 0 aliphatic carbocycles. The van der Waals surface area contributed by atoms with E-state index in [-0.39, 0.29) is 18.4 Å². The first-order valence-electron chi connectivity index (χ1n) is 8.53. The van der Waals surface area contributed by atoms with Gasteiger partial charge in [0.2, 0.25) is 11.8 Å². The largest absolute Gasteiger partial charge is 0.462 e. The third kappa shape index (κ3) is 3.94. The van der Waals surface area contributed by atoms with E-state index in [1.807, 2.05) is 17.0 Å². The number of nitrogens with zero attached hydrogens (tertiary/aromatic N) is 4. The van der Waals surface area contributed by atoms with E-state index in [2.05, 4.69) is 15.3 Å². The van der Waals surface area contributed by atoms with Crippen LogP contribution in [0, 0.1) is 0 Å². The molecule has 2 amide bonds. The van der Waals surface area contributed by atoms with E-state index >= 15 is 0 Å². The zero-order valence-electron chi connectivity index (χ0n) is 14.3. The SMILES string of the molecule is O=C(CN1CSCC1=O)N1CCN(Cc2csc(-c3ccco3)n2)CC1. The molecule has 9 heteroatoms. The minimum absolute atomic E-state index is 0.0502. The highest BCUT2D eigenvalue weighted by Crippen LogP contribution is 2.24. The fraction of sp³-hybridized carbons (Fsp3) is 0.471. The average molecular weight is 393 g/mol. The van der Waals surface area contributed by atoms with Gasteiger partial charge in [0.25, 0.3) is 0 Å². The van der Waals surface area contributed by atoms with E-state index in [1.54, 1.807) is 34.3 Å². The molecule has 2 aliphatic heterocycles. The Hall–Kier alpha value is -1.84. The van der Waals surface area contributed by atoms with Crippen LogP contribution < -0.4 is 0 Å². The zero-order chi connectivity index (χ0) is 17.9. The predicted octanol–water partition coefficient (Wildman–Crippen LogP) is 1.58. The number of amides is 2. The second-order valence-corrected chi connectivity index (χ2v) is 8.16. The number of hydrogen-bond donors (Lipinski definition) is 0. The second-order valence-electron chi connectivity index (χ2n) is 6.35. The van der Waals surface area contributed by atoms with Crippen molar-refractivity contribution in [2.45, 2.75) is 6.54 Å². The lowest BCUT2D eigenvalue weighted by atomic mass is 10.3. The maximum Gasteiger partial charge on any atom is 0.242 e. The highest BCUT2D eigenvalue weighted by atomic mass is 32.2. The maximum atomic E-state index is 12.4. The Labute approximate surface area is 160 Å². The van der Waals surface area contributed by atoms with Gasteiger partial charge in [-0.1, -0.05) is 0 Å². The van der Waals surface area contributed by atoms with E-state index in [1.165, 1.54) is 0 Å².